The predicted molar refractivity (Wildman–Crippen MR) is 87.7 cm³/mol. The molecular weight excluding hydrogens is 306 g/mol. The van der Waals surface area contributed by atoms with Gasteiger partial charge >= 0.3 is 0 Å². The minimum atomic E-state index is -0.0418. The molecule has 0 aliphatic carbocycles. The average molecular weight is 323 g/mol. The first-order valence-corrected chi connectivity index (χ1v) is 7.92. The van der Waals surface area contributed by atoms with Gasteiger partial charge in [0.25, 0.3) is 5.91 Å². The van der Waals surface area contributed by atoms with Gasteiger partial charge in [-0.15, -0.1) is 15.3 Å². The number of carbonyl (C=O) groups excluding carboxylic acids is 1. The predicted octanol–water partition coefficient (Wildman–Crippen LogP) is 0.918. The van der Waals surface area contributed by atoms with E-state index in [0.717, 1.165) is 37.4 Å². The normalized spacial score (nSPS) is 15.6. The third-order valence-electron chi connectivity index (χ3n) is 4.24. The van der Waals surface area contributed by atoms with E-state index in [2.05, 4.69) is 30.5 Å². The molecule has 1 N–H and O–H groups in total. The lowest BCUT2D eigenvalue weighted by atomic mass is 10.0. The monoisotopic (exact) mass is 323 g/mol. The van der Waals surface area contributed by atoms with Crippen LogP contribution < -0.4 is 10.2 Å². The number of rotatable bonds is 3. The van der Waals surface area contributed by atoms with Gasteiger partial charge in [0.15, 0.2) is 5.65 Å². The van der Waals surface area contributed by atoms with Crippen molar-refractivity contribution >= 4 is 17.4 Å². The molecule has 0 atom stereocenters. The van der Waals surface area contributed by atoms with Crippen molar-refractivity contribution in [3.05, 3.63) is 48.5 Å². The highest BCUT2D eigenvalue weighted by molar-refractivity contribution is 5.94. The molecular formula is C16H17N7O. The Bertz CT molecular complexity index is 840. The summed E-state index contributed by atoms with van der Waals surface area (Å²) in [5.41, 5.74) is 1.38. The summed E-state index contributed by atoms with van der Waals surface area (Å²) in [6.45, 7) is 1.70. The molecule has 1 aliphatic rings. The lowest BCUT2D eigenvalue weighted by Crippen LogP contribution is -2.45. The van der Waals surface area contributed by atoms with Crippen LogP contribution in [-0.4, -0.2) is 49.8 Å². The molecule has 0 aromatic carbocycles. The number of nitrogens with one attached hydrogen (secondary N) is 1. The Hall–Kier alpha value is -3.03. The van der Waals surface area contributed by atoms with Crippen molar-refractivity contribution in [1.82, 2.24) is 30.1 Å². The summed E-state index contributed by atoms with van der Waals surface area (Å²) in [5.74, 6) is 0.862. The van der Waals surface area contributed by atoms with Crippen LogP contribution in [0.3, 0.4) is 0 Å². The fourth-order valence-corrected chi connectivity index (χ4v) is 2.91. The molecule has 8 heteroatoms. The molecule has 24 heavy (non-hydrogen) atoms. The van der Waals surface area contributed by atoms with Gasteiger partial charge in [0.05, 0.1) is 0 Å². The molecule has 4 heterocycles. The van der Waals surface area contributed by atoms with Gasteiger partial charge in [0.1, 0.15) is 12.1 Å². The Balaban J connectivity index is 1.37. The summed E-state index contributed by atoms with van der Waals surface area (Å²) in [6, 6.07) is 7.50. The molecule has 3 aromatic rings. The molecule has 0 bridgehead atoms. The maximum Gasteiger partial charge on any atom is 0.251 e. The Morgan fingerprint density at radius 2 is 1.92 bits per heavy atom. The van der Waals surface area contributed by atoms with Crippen LogP contribution >= 0.6 is 0 Å². The molecule has 0 unspecified atom stereocenters. The number of anilines is 1. The van der Waals surface area contributed by atoms with E-state index >= 15 is 0 Å². The van der Waals surface area contributed by atoms with E-state index in [-0.39, 0.29) is 11.9 Å². The molecule has 1 saturated heterocycles. The first kappa shape index (κ1) is 14.6. The van der Waals surface area contributed by atoms with Crippen LogP contribution in [0.2, 0.25) is 0 Å². The second kappa shape index (κ2) is 6.23. The van der Waals surface area contributed by atoms with Crippen LogP contribution in [0.5, 0.6) is 0 Å². The summed E-state index contributed by atoms with van der Waals surface area (Å²) in [7, 11) is 0. The number of amides is 1. The molecule has 8 nitrogen and oxygen atoms in total. The summed E-state index contributed by atoms with van der Waals surface area (Å²) < 4.78 is 1.67. The van der Waals surface area contributed by atoms with Gasteiger partial charge in [0, 0.05) is 37.1 Å². The van der Waals surface area contributed by atoms with Crippen molar-refractivity contribution in [1.29, 1.82) is 0 Å². The molecule has 3 aromatic heterocycles. The molecule has 0 radical (unpaired) electrons. The molecule has 1 amide bonds. The number of fused-ring (bicyclic) bond motifs is 1. The van der Waals surface area contributed by atoms with E-state index < -0.39 is 0 Å². The van der Waals surface area contributed by atoms with Gasteiger partial charge in [-0.2, -0.15) is 4.52 Å². The maximum absolute atomic E-state index is 12.2. The number of nitrogens with zero attached hydrogens (tertiary/aromatic N) is 6. The number of hydrogen-bond acceptors (Lipinski definition) is 6. The molecule has 1 aliphatic heterocycles. The van der Waals surface area contributed by atoms with Crippen molar-refractivity contribution in [2.24, 2.45) is 0 Å². The standard InChI is InChI=1S/C16H17N7O/c24-16(12-3-7-17-8-4-12)19-13-5-9-22(10-6-13)15-2-1-14-20-18-11-23(14)21-15/h1-4,7-8,11,13H,5-6,9-10H2,(H,19,24). The van der Waals surface area contributed by atoms with E-state index in [1.165, 1.54) is 0 Å². The highest BCUT2D eigenvalue weighted by Crippen LogP contribution is 2.18. The maximum atomic E-state index is 12.2. The van der Waals surface area contributed by atoms with E-state index in [1.54, 1.807) is 35.4 Å². The van der Waals surface area contributed by atoms with Crippen LogP contribution in [0.1, 0.15) is 23.2 Å². The lowest BCUT2D eigenvalue weighted by molar-refractivity contribution is 0.0931. The average Bonchev–Trinajstić information content (AvgIpc) is 3.11. The minimum Gasteiger partial charge on any atom is -0.355 e. The molecule has 0 saturated carbocycles. The fourth-order valence-electron chi connectivity index (χ4n) is 2.91. The van der Waals surface area contributed by atoms with E-state index in [1.807, 2.05) is 12.1 Å². The van der Waals surface area contributed by atoms with Crippen LogP contribution in [0.25, 0.3) is 5.65 Å². The first-order chi connectivity index (χ1) is 11.8. The number of piperidine rings is 1. The number of pyridine rings is 1. The Morgan fingerprint density at radius 1 is 1.12 bits per heavy atom. The van der Waals surface area contributed by atoms with Gasteiger partial charge in [0.2, 0.25) is 0 Å². The topological polar surface area (TPSA) is 88.3 Å². The Morgan fingerprint density at radius 3 is 2.71 bits per heavy atom. The van der Waals surface area contributed by atoms with Crippen LogP contribution in [0, 0.1) is 0 Å². The van der Waals surface area contributed by atoms with Gasteiger partial charge < -0.3 is 10.2 Å². The van der Waals surface area contributed by atoms with Crippen molar-refractivity contribution < 1.29 is 4.79 Å². The fraction of sp³-hybridized carbons (Fsp3) is 0.312. The molecule has 1 fully saturated rings. The van der Waals surface area contributed by atoms with Crippen molar-refractivity contribution in [2.45, 2.75) is 18.9 Å². The van der Waals surface area contributed by atoms with Crippen molar-refractivity contribution in [3.8, 4) is 0 Å². The number of aromatic nitrogens is 5. The second-order valence-corrected chi connectivity index (χ2v) is 5.80. The smallest absolute Gasteiger partial charge is 0.251 e. The molecule has 4 rings (SSSR count). The van der Waals surface area contributed by atoms with Crippen molar-refractivity contribution in [2.75, 3.05) is 18.0 Å². The summed E-state index contributed by atoms with van der Waals surface area (Å²) >= 11 is 0. The third-order valence-corrected chi connectivity index (χ3v) is 4.24. The van der Waals surface area contributed by atoms with Crippen LogP contribution in [0.15, 0.2) is 43.0 Å². The Kier molecular flexibility index (Phi) is 3.78. The highest BCUT2D eigenvalue weighted by atomic mass is 16.1. The summed E-state index contributed by atoms with van der Waals surface area (Å²) in [5, 5.41) is 15.4. The zero-order valence-corrected chi connectivity index (χ0v) is 13.0. The van der Waals surface area contributed by atoms with Gasteiger partial charge in [-0.3, -0.25) is 9.78 Å². The van der Waals surface area contributed by atoms with Gasteiger partial charge in [-0.05, 0) is 37.1 Å². The SMILES string of the molecule is O=C(NC1CCN(c2ccc3nncn3n2)CC1)c1ccncc1. The van der Waals surface area contributed by atoms with Crippen LogP contribution in [0.4, 0.5) is 5.82 Å². The number of hydrogen-bond donors (Lipinski definition) is 1. The number of carbonyl (C=O) groups is 1. The second-order valence-electron chi connectivity index (χ2n) is 5.80. The first-order valence-electron chi connectivity index (χ1n) is 7.92. The quantitative estimate of drug-likeness (QED) is 0.771. The third kappa shape index (κ3) is 2.90. The molecule has 122 valence electrons. The van der Waals surface area contributed by atoms with Crippen molar-refractivity contribution in [3.63, 3.8) is 0 Å². The van der Waals surface area contributed by atoms with Gasteiger partial charge in [-0.25, -0.2) is 0 Å². The minimum absolute atomic E-state index is 0.0418. The van der Waals surface area contributed by atoms with E-state index in [4.69, 9.17) is 0 Å². The summed E-state index contributed by atoms with van der Waals surface area (Å²) in [6.07, 6.45) is 6.63. The van der Waals surface area contributed by atoms with E-state index in [9.17, 15) is 4.79 Å². The largest absolute Gasteiger partial charge is 0.355 e. The zero-order chi connectivity index (χ0) is 16.4. The van der Waals surface area contributed by atoms with Gasteiger partial charge in [-0.1, -0.05) is 0 Å². The Labute approximate surface area is 138 Å². The molecule has 0 spiro atoms. The summed E-state index contributed by atoms with van der Waals surface area (Å²) in [4.78, 5) is 18.3. The zero-order valence-electron chi connectivity index (χ0n) is 13.0. The highest BCUT2D eigenvalue weighted by Gasteiger charge is 2.22. The van der Waals surface area contributed by atoms with E-state index in [0.29, 0.717) is 5.56 Å². The van der Waals surface area contributed by atoms with Crippen LogP contribution in [-0.2, 0) is 0 Å². The lowest BCUT2D eigenvalue weighted by Gasteiger charge is -2.33.